The van der Waals surface area contributed by atoms with Crippen molar-refractivity contribution in [2.75, 3.05) is 37.4 Å². The number of nitrogens with zero attached hydrogens (tertiary/aromatic N) is 5. The van der Waals surface area contributed by atoms with E-state index in [4.69, 9.17) is 0 Å². The molecule has 0 saturated carbocycles. The van der Waals surface area contributed by atoms with Gasteiger partial charge in [0.2, 0.25) is 0 Å². The fraction of sp³-hybridized carbons (Fsp3) is 0.571. The van der Waals surface area contributed by atoms with Crippen molar-refractivity contribution in [1.29, 1.82) is 0 Å². The lowest BCUT2D eigenvalue weighted by Crippen LogP contribution is -2.33. The first-order valence-corrected chi connectivity index (χ1v) is 10.4. The van der Waals surface area contributed by atoms with E-state index >= 15 is 0 Å². The van der Waals surface area contributed by atoms with Gasteiger partial charge in [0, 0.05) is 39.8 Å². The molecule has 2 aromatic heterocycles. The maximum absolute atomic E-state index is 13.1. The van der Waals surface area contributed by atoms with Gasteiger partial charge in [-0.15, -0.1) is 0 Å². The first-order valence-electron chi connectivity index (χ1n) is 10.4. The van der Waals surface area contributed by atoms with Gasteiger partial charge in [0.1, 0.15) is 5.82 Å². The SMILES string of the molecule is CN(C)c1ccc(N[C@H]2CCCN(C(=O)c3cnn4c3CCCC4)CC2)cn1. The molecule has 150 valence electrons. The van der Waals surface area contributed by atoms with Crippen LogP contribution in [-0.4, -0.2) is 58.8 Å². The number of fused-ring (bicyclic) bond motifs is 1. The Morgan fingerprint density at radius 1 is 1.11 bits per heavy atom. The summed E-state index contributed by atoms with van der Waals surface area (Å²) in [6.45, 7) is 2.54. The third-order valence-electron chi connectivity index (χ3n) is 5.80. The lowest BCUT2D eigenvalue weighted by molar-refractivity contribution is 0.0760. The molecule has 1 saturated heterocycles. The van der Waals surface area contributed by atoms with Crippen molar-refractivity contribution in [2.45, 2.75) is 51.1 Å². The van der Waals surface area contributed by atoms with Crippen molar-refractivity contribution in [2.24, 2.45) is 0 Å². The molecule has 1 amide bonds. The summed E-state index contributed by atoms with van der Waals surface area (Å²) >= 11 is 0. The third kappa shape index (κ3) is 3.98. The Hall–Kier alpha value is -2.57. The monoisotopic (exact) mass is 382 g/mol. The van der Waals surface area contributed by atoms with Crippen LogP contribution in [-0.2, 0) is 13.0 Å². The molecule has 0 aliphatic carbocycles. The molecule has 1 N–H and O–H groups in total. The number of carbonyl (C=O) groups excluding carboxylic acids is 1. The minimum Gasteiger partial charge on any atom is -0.381 e. The zero-order valence-electron chi connectivity index (χ0n) is 16.9. The number of aromatic nitrogens is 3. The number of hydrogen-bond donors (Lipinski definition) is 1. The van der Waals surface area contributed by atoms with Crippen LogP contribution >= 0.6 is 0 Å². The summed E-state index contributed by atoms with van der Waals surface area (Å²) < 4.78 is 2.02. The molecule has 2 aromatic rings. The number of amides is 1. The Morgan fingerprint density at radius 3 is 2.79 bits per heavy atom. The van der Waals surface area contributed by atoms with Crippen LogP contribution < -0.4 is 10.2 Å². The van der Waals surface area contributed by atoms with Crippen molar-refractivity contribution < 1.29 is 4.79 Å². The van der Waals surface area contributed by atoms with E-state index in [9.17, 15) is 4.79 Å². The van der Waals surface area contributed by atoms with E-state index in [1.807, 2.05) is 40.8 Å². The van der Waals surface area contributed by atoms with E-state index < -0.39 is 0 Å². The highest BCUT2D eigenvalue weighted by molar-refractivity contribution is 5.95. The van der Waals surface area contributed by atoms with Crippen molar-refractivity contribution in [1.82, 2.24) is 19.7 Å². The summed E-state index contributed by atoms with van der Waals surface area (Å²) in [6, 6.07) is 4.47. The van der Waals surface area contributed by atoms with E-state index in [-0.39, 0.29) is 5.91 Å². The normalized spacial score (nSPS) is 19.6. The molecule has 0 spiro atoms. The van der Waals surface area contributed by atoms with Crippen LogP contribution in [0.25, 0.3) is 0 Å². The standard InChI is InChI=1S/C21H30N6O/c1-25(2)20-9-8-17(14-22-20)24-16-6-5-11-26(13-10-16)21(28)18-15-23-27-12-4-3-7-19(18)27/h8-9,14-16,24H,3-7,10-13H2,1-2H3/t16-/m0/s1. The number of hydrogen-bond acceptors (Lipinski definition) is 5. The summed E-state index contributed by atoms with van der Waals surface area (Å²) in [7, 11) is 3.98. The molecule has 2 aliphatic rings. The fourth-order valence-electron chi connectivity index (χ4n) is 4.19. The van der Waals surface area contributed by atoms with Crippen LogP contribution in [0.3, 0.4) is 0 Å². The predicted octanol–water partition coefficient (Wildman–Crippen LogP) is 2.79. The summed E-state index contributed by atoms with van der Waals surface area (Å²) in [5.74, 6) is 1.11. The Morgan fingerprint density at radius 2 is 2.00 bits per heavy atom. The van der Waals surface area contributed by atoms with Gasteiger partial charge in [0.05, 0.1) is 29.3 Å². The summed E-state index contributed by atoms with van der Waals surface area (Å²) in [6.07, 6.45) is 9.97. The van der Waals surface area contributed by atoms with Gasteiger partial charge in [-0.05, 0) is 50.7 Å². The summed E-state index contributed by atoms with van der Waals surface area (Å²) in [5, 5.41) is 8.03. The molecule has 0 bridgehead atoms. The van der Waals surface area contributed by atoms with Crippen LogP contribution in [0.2, 0.25) is 0 Å². The highest BCUT2D eigenvalue weighted by Gasteiger charge is 2.26. The quantitative estimate of drug-likeness (QED) is 0.881. The molecular weight excluding hydrogens is 352 g/mol. The molecule has 0 unspecified atom stereocenters. The molecule has 7 nitrogen and oxygen atoms in total. The van der Waals surface area contributed by atoms with E-state index in [1.165, 1.54) is 0 Å². The molecule has 7 heteroatoms. The van der Waals surface area contributed by atoms with E-state index in [0.717, 1.165) is 80.9 Å². The number of nitrogens with one attached hydrogen (secondary N) is 1. The number of pyridine rings is 1. The largest absolute Gasteiger partial charge is 0.381 e. The lowest BCUT2D eigenvalue weighted by atomic mass is 10.1. The Bertz CT molecular complexity index is 813. The van der Waals surface area contributed by atoms with E-state index in [2.05, 4.69) is 21.5 Å². The molecule has 0 aromatic carbocycles. The Labute approximate surface area is 166 Å². The second-order valence-electron chi connectivity index (χ2n) is 8.05. The number of rotatable bonds is 4. The van der Waals surface area contributed by atoms with Gasteiger partial charge >= 0.3 is 0 Å². The van der Waals surface area contributed by atoms with Gasteiger partial charge in [0.25, 0.3) is 5.91 Å². The zero-order valence-corrected chi connectivity index (χ0v) is 16.9. The smallest absolute Gasteiger partial charge is 0.257 e. The van der Waals surface area contributed by atoms with Crippen molar-refractivity contribution in [3.05, 3.63) is 35.8 Å². The van der Waals surface area contributed by atoms with Crippen molar-refractivity contribution in [3.63, 3.8) is 0 Å². The van der Waals surface area contributed by atoms with Gasteiger partial charge in [-0.2, -0.15) is 5.10 Å². The summed E-state index contributed by atoms with van der Waals surface area (Å²) in [4.78, 5) is 21.6. The Kier molecular flexibility index (Phi) is 5.50. The lowest BCUT2D eigenvalue weighted by Gasteiger charge is -2.22. The second-order valence-corrected chi connectivity index (χ2v) is 8.05. The highest BCUT2D eigenvalue weighted by atomic mass is 16.2. The molecule has 1 fully saturated rings. The minimum absolute atomic E-state index is 0.154. The molecule has 4 rings (SSSR count). The van der Waals surface area contributed by atoms with Gasteiger partial charge in [-0.1, -0.05) is 0 Å². The van der Waals surface area contributed by atoms with Crippen molar-refractivity contribution in [3.8, 4) is 0 Å². The summed E-state index contributed by atoms with van der Waals surface area (Å²) in [5.41, 5.74) is 2.98. The first kappa shape index (κ1) is 18.8. The molecule has 28 heavy (non-hydrogen) atoms. The van der Waals surface area contributed by atoms with Gasteiger partial charge < -0.3 is 15.1 Å². The highest BCUT2D eigenvalue weighted by Crippen LogP contribution is 2.22. The molecule has 0 radical (unpaired) electrons. The van der Waals surface area contributed by atoms with Crippen LogP contribution in [0.15, 0.2) is 24.5 Å². The maximum atomic E-state index is 13.1. The second kappa shape index (κ2) is 8.20. The zero-order chi connectivity index (χ0) is 19.5. The number of likely N-dealkylation sites (tertiary alicyclic amines) is 1. The predicted molar refractivity (Wildman–Crippen MR) is 111 cm³/mol. The van der Waals surface area contributed by atoms with E-state index in [0.29, 0.717) is 6.04 Å². The van der Waals surface area contributed by atoms with Crippen LogP contribution in [0.4, 0.5) is 11.5 Å². The first-order chi connectivity index (χ1) is 13.6. The van der Waals surface area contributed by atoms with Crippen LogP contribution in [0, 0.1) is 0 Å². The Balaban J connectivity index is 1.37. The fourth-order valence-corrected chi connectivity index (χ4v) is 4.19. The van der Waals surface area contributed by atoms with Gasteiger partial charge in [0.15, 0.2) is 0 Å². The topological polar surface area (TPSA) is 66.3 Å². The minimum atomic E-state index is 0.154. The third-order valence-corrected chi connectivity index (χ3v) is 5.80. The molecule has 1 atom stereocenters. The van der Waals surface area contributed by atoms with Crippen LogP contribution in [0.1, 0.15) is 48.2 Å². The maximum Gasteiger partial charge on any atom is 0.257 e. The number of aryl methyl sites for hydroxylation is 1. The van der Waals surface area contributed by atoms with Crippen molar-refractivity contribution >= 4 is 17.4 Å². The molecule has 2 aliphatic heterocycles. The van der Waals surface area contributed by atoms with Gasteiger partial charge in [-0.25, -0.2) is 4.98 Å². The van der Waals surface area contributed by atoms with Crippen LogP contribution in [0.5, 0.6) is 0 Å². The van der Waals surface area contributed by atoms with Gasteiger partial charge in [-0.3, -0.25) is 9.48 Å². The average Bonchev–Trinajstić information content (AvgIpc) is 3.00. The number of anilines is 2. The van der Waals surface area contributed by atoms with E-state index in [1.54, 1.807) is 6.20 Å². The molecular formula is C21H30N6O. The number of carbonyl (C=O) groups is 1. The molecule has 4 heterocycles. The average molecular weight is 383 g/mol.